The maximum Gasteiger partial charge on any atom is 0.241 e. The molecule has 0 aromatic heterocycles. The Morgan fingerprint density at radius 1 is 1.19 bits per heavy atom. The second kappa shape index (κ2) is 8.39. The fraction of sp³-hybridized carbons (Fsp3) is 0.125. The molecular weight excluding hydrogens is 359 g/mol. The molecule has 0 aliphatic carbocycles. The van der Waals surface area contributed by atoms with E-state index in [4.69, 9.17) is 16.8 Å². The molecule has 8 nitrogen and oxygen atoms in total. The summed E-state index contributed by atoms with van der Waals surface area (Å²) in [6.07, 6.45) is 0. The molecule has 0 bridgehead atoms. The lowest BCUT2D eigenvalue weighted by Gasteiger charge is -2.14. The normalized spacial score (nSPS) is 11.8. The molecule has 2 aromatic rings. The van der Waals surface area contributed by atoms with E-state index >= 15 is 0 Å². The third-order valence-electron chi connectivity index (χ3n) is 3.30. The Morgan fingerprint density at radius 2 is 1.81 bits per heavy atom. The summed E-state index contributed by atoms with van der Waals surface area (Å²) in [6.45, 7) is -0.106. The zero-order valence-corrected chi connectivity index (χ0v) is 14.4. The van der Waals surface area contributed by atoms with Crippen LogP contribution in [0.3, 0.4) is 0 Å². The van der Waals surface area contributed by atoms with Crippen molar-refractivity contribution in [2.75, 3.05) is 6.54 Å². The maximum atomic E-state index is 12.9. The second-order valence-corrected chi connectivity index (χ2v) is 6.98. The minimum Gasteiger partial charge on any atom is -0.382 e. The lowest BCUT2D eigenvalue weighted by Crippen LogP contribution is -2.29. The van der Waals surface area contributed by atoms with Gasteiger partial charge in [0.15, 0.2) is 5.84 Å². The first-order chi connectivity index (χ1) is 12.3. The van der Waals surface area contributed by atoms with Crippen LogP contribution in [0.25, 0.3) is 0 Å². The number of nitrogens with two attached hydrogens (primary N) is 2. The molecule has 0 amide bonds. The highest BCUT2D eigenvalue weighted by Crippen LogP contribution is 2.11. The van der Waals surface area contributed by atoms with Gasteiger partial charge in [-0.05, 0) is 42.0 Å². The summed E-state index contributed by atoms with van der Waals surface area (Å²) in [4.78, 5) is 0.000201. The van der Waals surface area contributed by atoms with Crippen molar-refractivity contribution in [2.45, 2.75) is 11.4 Å². The number of hydrazone groups is 1. The molecule has 26 heavy (non-hydrogen) atoms. The predicted molar refractivity (Wildman–Crippen MR) is 94.1 cm³/mol. The number of nitrogens with one attached hydrogen (secondary N) is 1. The average Bonchev–Trinajstić information content (AvgIpc) is 2.62. The Morgan fingerprint density at radius 3 is 2.38 bits per heavy atom. The Hall–Kier alpha value is -3.00. The fourth-order valence-corrected chi connectivity index (χ4v) is 2.94. The third kappa shape index (κ3) is 5.25. The fourth-order valence-electron chi connectivity index (χ4n) is 2.02. The van der Waals surface area contributed by atoms with Gasteiger partial charge in [-0.25, -0.2) is 23.8 Å². The Labute approximate surface area is 150 Å². The quantitative estimate of drug-likeness (QED) is 0.213. The summed E-state index contributed by atoms with van der Waals surface area (Å²) in [6, 6.07) is 13.1. The molecule has 2 aromatic carbocycles. The number of sulfonamides is 1. The van der Waals surface area contributed by atoms with Gasteiger partial charge in [-0.2, -0.15) is 9.98 Å². The lowest BCUT2D eigenvalue weighted by atomic mass is 10.2. The monoisotopic (exact) mass is 376 g/mol. The van der Waals surface area contributed by atoms with Crippen LogP contribution in [0.4, 0.5) is 4.39 Å². The molecule has 0 fully saturated rings. The number of benzene rings is 2. The van der Waals surface area contributed by atoms with Crippen LogP contribution in [0.15, 0.2) is 58.5 Å². The van der Waals surface area contributed by atoms with Gasteiger partial charge in [0.05, 0.1) is 24.1 Å². The molecule has 0 unspecified atom stereocenters. The molecule has 0 saturated heterocycles. The zero-order chi connectivity index (χ0) is 19.2. The molecule has 10 heteroatoms. The maximum absolute atomic E-state index is 12.9. The van der Waals surface area contributed by atoms with Gasteiger partial charge in [0, 0.05) is 5.56 Å². The molecule has 0 atom stereocenters. The van der Waals surface area contributed by atoms with Crippen LogP contribution >= 0.6 is 0 Å². The minimum absolute atomic E-state index is 0.000201. The van der Waals surface area contributed by atoms with Crippen LogP contribution in [0, 0.1) is 17.1 Å². The molecule has 0 radical (unpaired) electrons. The van der Waals surface area contributed by atoms with Crippen molar-refractivity contribution >= 4 is 15.9 Å². The van der Waals surface area contributed by atoms with E-state index in [0.717, 1.165) is 10.7 Å². The largest absolute Gasteiger partial charge is 0.382 e. The topological polar surface area (TPSA) is 138 Å². The van der Waals surface area contributed by atoms with Crippen LogP contribution in [0.1, 0.15) is 11.1 Å². The number of hydrogen-bond acceptors (Lipinski definition) is 6. The Kier molecular flexibility index (Phi) is 6.24. The van der Waals surface area contributed by atoms with Crippen molar-refractivity contribution in [1.29, 1.82) is 5.26 Å². The van der Waals surface area contributed by atoms with Crippen LogP contribution in [0.2, 0.25) is 0 Å². The van der Waals surface area contributed by atoms with Gasteiger partial charge in [0.2, 0.25) is 10.0 Å². The van der Waals surface area contributed by atoms with E-state index in [0.29, 0.717) is 5.56 Å². The van der Waals surface area contributed by atoms with Crippen molar-refractivity contribution in [1.82, 2.24) is 9.84 Å². The van der Waals surface area contributed by atoms with Crippen LogP contribution in [0.5, 0.6) is 0 Å². The van der Waals surface area contributed by atoms with Crippen molar-refractivity contribution in [3.8, 4) is 6.07 Å². The van der Waals surface area contributed by atoms with E-state index in [-0.39, 0.29) is 29.6 Å². The van der Waals surface area contributed by atoms with E-state index in [1.165, 1.54) is 36.4 Å². The van der Waals surface area contributed by atoms with Gasteiger partial charge in [0.25, 0.3) is 0 Å². The smallest absolute Gasteiger partial charge is 0.241 e. The highest BCUT2D eigenvalue weighted by Gasteiger charge is 2.13. The first kappa shape index (κ1) is 19.3. The van der Waals surface area contributed by atoms with E-state index in [1.54, 1.807) is 18.2 Å². The number of nitriles is 1. The highest BCUT2D eigenvalue weighted by molar-refractivity contribution is 7.89. The second-order valence-electron chi connectivity index (χ2n) is 5.22. The van der Waals surface area contributed by atoms with Crippen LogP contribution in [-0.4, -0.2) is 25.9 Å². The minimum atomic E-state index is -3.75. The van der Waals surface area contributed by atoms with Gasteiger partial charge < -0.3 is 5.73 Å². The standard InChI is InChI=1S/C16H17FN6O2S/c17-14-5-1-12(2-6-14)11-23(20)22-16(19)13-3-7-15(8-4-13)26(24,25)21-10-9-18/h1-8,21H,10-11,20H2,(H2,19,22). The summed E-state index contributed by atoms with van der Waals surface area (Å²) in [5.74, 6) is 5.51. The van der Waals surface area contributed by atoms with Crippen molar-refractivity contribution in [2.24, 2.45) is 16.7 Å². The highest BCUT2D eigenvalue weighted by atomic mass is 32.2. The summed E-state index contributed by atoms with van der Waals surface area (Å²) < 4.78 is 38.8. The number of amidine groups is 1. The van der Waals surface area contributed by atoms with E-state index in [2.05, 4.69) is 9.82 Å². The Balaban J connectivity index is 2.08. The molecular formula is C16H17FN6O2S. The van der Waals surface area contributed by atoms with Crippen molar-refractivity contribution < 1.29 is 12.8 Å². The van der Waals surface area contributed by atoms with Gasteiger partial charge in [-0.1, -0.05) is 12.1 Å². The van der Waals surface area contributed by atoms with E-state index in [9.17, 15) is 12.8 Å². The number of nitrogens with zero attached hydrogens (tertiary/aromatic N) is 3. The molecule has 136 valence electrons. The molecule has 0 heterocycles. The number of hydrazine groups is 1. The molecule has 2 rings (SSSR count). The summed E-state index contributed by atoms with van der Waals surface area (Å²) in [5, 5.41) is 13.6. The average molecular weight is 376 g/mol. The van der Waals surface area contributed by atoms with Crippen LogP contribution in [-0.2, 0) is 16.6 Å². The zero-order valence-electron chi connectivity index (χ0n) is 13.6. The molecule has 0 spiro atoms. The Bertz CT molecular complexity index is 921. The molecule has 0 saturated carbocycles. The number of halogens is 1. The van der Waals surface area contributed by atoms with Gasteiger partial charge in [-0.3, -0.25) is 0 Å². The van der Waals surface area contributed by atoms with E-state index in [1.807, 2.05) is 0 Å². The molecule has 0 aliphatic heterocycles. The van der Waals surface area contributed by atoms with E-state index < -0.39 is 10.0 Å². The van der Waals surface area contributed by atoms with Crippen molar-refractivity contribution in [3.63, 3.8) is 0 Å². The van der Waals surface area contributed by atoms with Gasteiger partial charge in [-0.15, -0.1) is 5.10 Å². The third-order valence-corrected chi connectivity index (χ3v) is 4.71. The number of rotatable bonds is 7. The summed E-state index contributed by atoms with van der Waals surface area (Å²) >= 11 is 0. The predicted octanol–water partition coefficient (Wildman–Crippen LogP) is 0.624. The lowest BCUT2D eigenvalue weighted by molar-refractivity contribution is 0.290. The molecule has 5 N–H and O–H groups in total. The summed E-state index contributed by atoms with van der Waals surface area (Å²) in [5.41, 5.74) is 7.09. The van der Waals surface area contributed by atoms with Gasteiger partial charge in [0.1, 0.15) is 5.82 Å². The van der Waals surface area contributed by atoms with Crippen LogP contribution < -0.4 is 16.3 Å². The number of hydrogen-bond donors (Lipinski definition) is 3. The molecule has 0 aliphatic rings. The first-order valence-corrected chi connectivity index (χ1v) is 8.88. The van der Waals surface area contributed by atoms with Gasteiger partial charge >= 0.3 is 0 Å². The van der Waals surface area contributed by atoms with Crippen molar-refractivity contribution in [3.05, 3.63) is 65.5 Å². The summed E-state index contributed by atoms with van der Waals surface area (Å²) in [7, 11) is -3.75. The SMILES string of the molecule is N#CCNS(=O)(=O)c1ccc(/C(N)=N/N(N)Cc2ccc(F)cc2)cc1. The first-order valence-electron chi connectivity index (χ1n) is 7.39.